The molecule has 156 valence electrons. The van der Waals surface area contributed by atoms with Gasteiger partial charge in [0.2, 0.25) is 16.8 Å². The number of nitrogens with zero attached hydrogens (tertiary/aromatic N) is 2. The van der Waals surface area contributed by atoms with Gasteiger partial charge in [0.1, 0.15) is 0 Å². The summed E-state index contributed by atoms with van der Waals surface area (Å²) in [4.78, 5) is 14.9. The van der Waals surface area contributed by atoms with Crippen LogP contribution in [-0.2, 0) is 16.6 Å². The molecule has 0 aliphatic carbocycles. The Balaban J connectivity index is 1.83. The Labute approximate surface area is 171 Å². The second-order valence-corrected chi connectivity index (χ2v) is 8.56. The number of benzene rings is 2. The molecule has 0 radical (unpaired) electrons. The smallest absolute Gasteiger partial charge is 0.254 e. The summed E-state index contributed by atoms with van der Waals surface area (Å²) in [5, 5.41) is 0. The van der Waals surface area contributed by atoms with Crippen molar-refractivity contribution in [1.82, 2.24) is 9.21 Å². The molecule has 0 saturated heterocycles. The van der Waals surface area contributed by atoms with Crippen LogP contribution in [0.25, 0.3) is 0 Å². The Bertz CT molecular complexity index is 986. The molecule has 0 fully saturated rings. The van der Waals surface area contributed by atoms with Gasteiger partial charge in [0.15, 0.2) is 11.5 Å². The minimum Gasteiger partial charge on any atom is -0.454 e. The lowest BCUT2D eigenvalue weighted by molar-refractivity contribution is 0.0752. The van der Waals surface area contributed by atoms with Crippen molar-refractivity contribution in [3.63, 3.8) is 0 Å². The van der Waals surface area contributed by atoms with E-state index in [-0.39, 0.29) is 17.6 Å². The summed E-state index contributed by atoms with van der Waals surface area (Å²) in [5.41, 5.74) is 1.26. The van der Waals surface area contributed by atoms with E-state index in [0.29, 0.717) is 43.2 Å². The molecule has 0 bridgehead atoms. The molecular weight excluding hydrogens is 392 g/mol. The summed E-state index contributed by atoms with van der Waals surface area (Å²) >= 11 is 0. The van der Waals surface area contributed by atoms with Gasteiger partial charge in [-0.1, -0.05) is 26.0 Å². The predicted molar refractivity (Wildman–Crippen MR) is 110 cm³/mol. The monoisotopic (exact) mass is 418 g/mol. The van der Waals surface area contributed by atoms with Crippen molar-refractivity contribution >= 4 is 15.9 Å². The van der Waals surface area contributed by atoms with E-state index < -0.39 is 10.0 Å². The van der Waals surface area contributed by atoms with Crippen molar-refractivity contribution in [2.75, 3.05) is 26.4 Å². The summed E-state index contributed by atoms with van der Waals surface area (Å²) in [6.07, 6.45) is 0. The van der Waals surface area contributed by atoms with Crippen LogP contribution in [0.4, 0.5) is 0 Å². The van der Waals surface area contributed by atoms with Gasteiger partial charge in [-0.15, -0.1) is 0 Å². The maximum absolute atomic E-state index is 13.1. The van der Waals surface area contributed by atoms with E-state index in [1.54, 1.807) is 30.9 Å². The largest absolute Gasteiger partial charge is 0.454 e. The predicted octanol–water partition coefficient (Wildman–Crippen LogP) is 3.11. The molecule has 2 aromatic rings. The van der Waals surface area contributed by atoms with E-state index in [2.05, 4.69) is 0 Å². The van der Waals surface area contributed by atoms with Gasteiger partial charge in [-0.05, 0) is 42.8 Å². The number of hydrogen-bond acceptors (Lipinski definition) is 5. The SMILES string of the molecule is CCN(Cc1ccc2c(c1)OCO2)C(=O)c1cccc(S(=O)(=O)N(CC)CC)c1. The number of amides is 1. The van der Waals surface area contributed by atoms with Crippen LogP contribution < -0.4 is 9.47 Å². The van der Waals surface area contributed by atoms with E-state index in [1.807, 2.05) is 25.1 Å². The maximum Gasteiger partial charge on any atom is 0.254 e. The van der Waals surface area contributed by atoms with Crippen molar-refractivity contribution < 1.29 is 22.7 Å². The van der Waals surface area contributed by atoms with E-state index in [0.717, 1.165) is 5.56 Å². The van der Waals surface area contributed by atoms with Crippen LogP contribution in [0.1, 0.15) is 36.7 Å². The molecule has 0 saturated carbocycles. The molecule has 1 aliphatic rings. The molecule has 0 N–H and O–H groups in total. The molecule has 0 unspecified atom stereocenters. The van der Waals surface area contributed by atoms with Crippen molar-refractivity contribution in [3.8, 4) is 11.5 Å². The first-order valence-corrected chi connectivity index (χ1v) is 11.1. The summed E-state index contributed by atoms with van der Waals surface area (Å²) in [6, 6.07) is 11.8. The number of hydrogen-bond donors (Lipinski definition) is 0. The summed E-state index contributed by atoms with van der Waals surface area (Å²) in [7, 11) is -3.62. The van der Waals surface area contributed by atoms with Crippen molar-refractivity contribution in [2.45, 2.75) is 32.2 Å². The number of carbonyl (C=O) groups excluding carboxylic acids is 1. The molecule has 0 spiro atoms. The van der Waals surface area contributed by atoms with E-state index in [9.17, 15) is 13.2 Å². The lowest BCUT2D eigenvalue weighted by atomic mass is 10.1. The normalized spacial score (nSPS) is 13.0. The Morgan fingerprint density at radius 3 is 2.38 bits per heavy atom. The number of rotatable bonds is 8. The van der Waals surface area contributed by atoms with Crippen molar-refractivity contribution in [2.24, 2.45) is 0 Å². The number of carbonyl (C=O) groups is 1. The zero-order valence-electron chi connectivity index (χ0n) is 16.9. The third-order valence-corrected chi connectivity index (χ3v) is 6.95. The number of sulfonamides is 1. The molecule has 8 heteroatoms. The molecule has 3 rings (SSSR count). The summed E-state index contributed by atoms with van der Waals surface area (Å²) < 4.78 is 37.7. The van der Waals surface area contributed by atoms with Crippen molar-refractivity contribution in [1.29, 1.82) is 0 Å². The Morgan fingerprint density at radius 2 is 1.69 bits per heavy atom. The van der Waals surface area contributed by atoms with Gasteiger partial charge in [-0.3, -0.25) is 4.79 Å². The molecule has 1 amide bonds. The van der Waals surface area contributed by atoms with Crippen LogP contribution >= 0.6 is 0 Å². The van der Waals surface area contributed by atoms with Crippen LogP contribution in [0, 0.1) is 0 Å². The maximum atomic E-state index is 13.1. The van der Waals surface area contributed by atoms with Crippen LogP contribution in [0.2, 0.25) is 0 Å². The van der Waals surface area contributed by atoms with Gasteiger partial charge in [0.05, 0.1) is 4.90 Å². The molecule has 0 aromatic heterocycles. The number of ether oxygens (including phenoxy) is 2. The minimum absolute atomic E-state index is 0.131. The average molecular weight is 419 g/mol. The minimum atomic E-state index is -3.62. The van der Waals surface area contributed by atoms with E-state index in [4.69, 9.17) is 9.47 Å². The fourth-order valence-corrected chi connectivity index (χ4v) is 4.78. The van der Waals surface area contributed by atoms with Crippen LogP contribution in [-0.4, -0.2) is 50.0 Å². The summed E-state index contributed by atoms with van der Waals surface area (Å²) in [6.45, 7) is 7.30. The van der Waals surface area contributed by atoms with E-state index in [1.165, 1.54) is 16.4 Å². The first-order valence-electron chi connectivity index (χ1n) is 9.68. The Kier molecular flexibility index (Phi) is 6.44. The topological polar surface area (TPSA) is 76.1 Å². The third-order valence-electron chi connectivity index (χ3n) is 4.90. The highest BCUT2D eigenvalue weighted by molar-refractivity contribution is 7.89. The zero-order chi connectivity index (χ0) is 21.0. The molecule has 2 aromatic carbocycles. The second-order valence-electron chi connectivity index (χ2n) is 6.62. The first kappa shape index (κ1) is 21.1. The lowest BCUT2D eigenvalue weighted by Gasteiger charge is -2.22. The highest BCUT2D eigenvalue weighted by atomic mass is 32.2. The fraction of sp³-hybridized carbons (Fsp3) is 0.381. The molecule has 1 heterocycles. The van der Waals surface area contributed by atoms with E-state index >= 15 is 0 Å². The average Bonchev–Trinajstić information content (AvgIpc) is 3.20. The quantitative estimate of drug-likeness (QED) is 0.658. The molecule has 29 heavy (non-hydrogen) atoms. The van der Waals surface area contributed by atoms with Gasteiger partial charge in [-0.2, -0.15) is 4.31 Å². The Hall–Kier alpha value is -2.58. The lowest BCUT2D eigenvalue weighted by Crippen LogP contribution is -2.32. The van der Waals surface area contributed by atoms with Gasteiger partial charge in [0.25, 0.3) is 5.91 Å². The molecule has 0 atom stereocenters. The zero-order valence-corrected chi connectivity index (χ0v) is 17.7. The van der Waals surface area contributed by atoms with Crippen LogP contribution in [0.5, 0.6) is 11.5 Å². The molecular formula is C21H26N2O5S. The second kappa shape index (κ2) is 8.84. The fourth-order valence-electron chi connectivity index (χ4n) is 3.27. The highest BCUT2D eigenvalue weighted by Gasteiger charge is 2.24. The van der Waals surface area contributed by atoms with Gasteiger partial charge >= 0.3 is 0 Å². The molecule has 7 nitrogen and oxygen atoms in total. The van der Waals surface area contributed by atoms with Crippen molar-refractivity contribution in [3.05, 3.63) is 53.6 Å². The standard InChI is InChI=1S/C21H26N2O5S/c1-4-22(14-16-10-11-19-20(12-16)28-15-27-19)21(24)17-8-7-9-18(13-17)29(25,26)23(5-2)6-3/h7-13H,4-6,14-15H2,1-3H3. The van der Waals surface area contributed by atoms with Crippen LogP contribution in [0.15, 0.2) is 47.4 Å². The number of fused-ring (bicyclic) bond motifs is 1. The molecule has 1 aliphatic heterocycles. The van der Waals surface area contributed by atoms with Crippen LogP contribution in [0.3, 0.4) is 0 Å². The van der Waals surface area contributed by atoms with Gasteiger partial charge in [0, 0.05) is 31.7 Å². The first-order chi connectivity index (χ1) is 13.9. The highest BCUT2D eigenvalue weighted by Crippen LogP contribution is 2.33. The third kappa shape index (κ3) is 4.38. The van der Waals surface area contributed by atoms with Gasteiger partial charge < -0.3 is 14.4 Å². The van der Waals surface area contributed by atoms with Gasteiger partial charge in [-0.25, -0.2) is 8.42 Å². The summed E-state index contributed by atoms with van der Waals surface area (Å²) in [5.74, 6) is 1.14. The Morgan fingerprint density at radius 1 is 0.966 bits per heavy atom.